The molecule has 1 heterocycles. The predicted molar refractivity (Wildman–Crippen MR) is 75.4 cm³/mol. The molecule has 0 aliphatic rings. The van der Waals surface area contributed by atoms with Crippen LogP contribution in [0.2, 0.25) is 0 Å². The standard InChI is InChI=1S/C14H16FN3O2/c1-3-18-8-9(16)6-13(18)14(19)17-12-7-10(20-2)4-5-11(12)15/h4-8H,3,16H2,1-2H3,(H,17,19). The van der Waals surface area contributed by atoms with Crippen molar-refractivity contribution in [3.63, 3.8) is 0 Å². The van der Waals surface area contributed by atoms with Crippen molar-refractivity contribution in [2.75, 3.05) is 18.2 Å². The molecule has 0 atom stereocenters. The molecule has 0 saturated heterocycles. The summed E-state index contributed by atoms with van der Waals surface area (Å²) in [5.74, 6) is -0.482. The summed E-state index contributed by atoms with van der Waals surface area (Å²) in [6, 6.07) is 5.70. The number of halogens is 1. The Morgan fingerprint density at radius 2 is 2.20 bits per heavy atom. The first-order valence-corrected chi connectivity index (χ1v) is 6.15. The number of nitrogens with two attached hydrogens (primary N) is 1. The van der Waals surface area contributed by atoms with Crippen LogP contribution < -0.4 is 15.8 Å². The molecule has 0 fully saturated rings. The van der Waals surface area contributed by atoms with E-state index in [1.807, 2.05) is 6.92 Å². The number of carbonyl (C=O) groups is 1. The fourth-order valence-corrected chi connectivity index (χ4v) is 1.90. The van der Waals surface area contributed by atoms with Gasteiger partial charge >= 0.3 is 0 Å². The molecule has 0 spiro atoms. The average Bonchev–Trinajstić information content (AvgIpc) is 2.82. The number of rotatable bonds is 4. The first-order valence-electron chi connectivity index (χ1n) is 6.15. The quantitative estimate of drug-likeness (QED) is 0.902. The molecule has 3 N–H and O–H groups in total. The van der Waals surface area contributed by atoms with Crippen LogP contribution in [0.4, 0.5) is 15.8 Å². The van der Waals surface area contributed by atoms with Crippen molar-refractivity contribution in [3.05, 3.63) is 42.0 Å². The zero-order valence-corrected chi connectivity index (χ0v) is 11.3. The maximum Gasteiger partial charge on any atom is 0.272 e. The number of ether oxygens (including phenoxy) is 1. The van der Waals surface area contributed by atoms with E-state index in [0.29, 0.717) is 23.7 Å². The number of hydrogen-bond donors (Lipinski definition) is 2. The van der Waals surface area contributed by atoms with E-state index >= 15 is 0 Å². The Labute approximate surface area is 116 Å². The fourth-order valence-electron chi connectivity index (χ4n) is 1.90. The molecule has 0 aliphatic heterocycles. The third-order valence-electron chi connectivity index (χ3n) is 2.91. The molecule has 106 valence electrons. The van der Waals surface area contributed by atoms with E-state index in [1.165, 1.54) is 25.3 Å². The topological polar surface area (TPSA) is 69.3 Å². The van der Waals surface area contributed by atoms with Gasteiger partial charge in [0.05, 0.1) is 18.5 Å². The van der Waals surface area contributed by atoms with Crippen molar-refractivity contribution in [2.45, 2.75) is 13.5 Å². The van der Waals surface area contributed by atoms with E-state index in [9.17, 15) is 9.18 Å². The number of carbonyl (C=O) groups excluding carboxylic acids is 1. The van der Waals surface area contributed by atoms with Gasteiger partial charge in [-0.15, -0.1) is 0 Å². The van der Waals surface area contributed by atoms with Gasteiger partial charge in [-0.1, -0.05) is 0 Å². The maximum absolute atomic E-state index is 13.7. The smallest absolute Gasteiger partial charge is 0.272 e. The monoisotopic (exact) mass is 277 g/mol. The van der Waals surface area contributed by atoms with Gasteiger partial charge in [-0.2, -0.15) is 0 Å². The number of nitrogen functional groups attached to an aromatic ring is 1. The second-order valence-corrected chi connectivity index (χ2v) is 4.24. The normalized spacial score (nSPS) is 10.3. The van der Waals surface area contributed by atoms with Crippen LogP contribution in [0.25, 0.3) is 0 Å². The number of aryl methyl sites for hydroxylation is 1. The lowest BCUT2D eigenvalue weighted by molar-refractivity contribution is 0.101. The number of nitrogens with zero attached hydrogens (tertiary/aromatic N) is 1. The van der Waals surface area contributed by atoms with Crippen molar-refractivity contribution in [3.8, 4) is 5.75 Å². The Morgan fingerprint density at radius 1 is 1.45 bits per heavy atom. The van der Waals surface area contributed by atoms with Gasteiger partial charge in [-0.3, -0.25) is 4.79 Å². The summed E-state index contributed by atoms with van der Waals surface area (Å²) in [6.07, 6.45) is 1.66. The Hall–Kier alpha value is -2.50. The van der Waals surface area contributed by atoms with Crippen LogP contribution in [-0.4, -0.2) is 17.6 Å². The highest BCUT2D eigenvalue weighted by atomic mass is 19.1. The number of aromatic nitrogens is 1. The molecule has 2 rings (SSSR count). The van der Waals surface area contributed by atoms with Crippen LogP contribution in [0, 0.1) is 5.82 Å². The summed E-state index contributed by atoms with van der Waals surface area (Å²) in [5.41, 5.74) is 6.60. The van der Waals surface area contributed by atoms with Crippen molar-refractivity contribution in [1.82, 2.24) is 4.57 Å². The maximum atomic E-state index is 13.7. The molecule has 5 nitrogen and oxygen atoms in total. The zero-order valence-electron chi connectivity index (χ0n) is 11.3. The molecular weight excluding hydrogens is 261 g/mol. The third kappa shape index (κ3) is 2.74. The molecule has 2 aromatic rings. The molecule has 6 heteroatoms. The van der Waals surface area contributed by atoms with E-state index in [1.54, 1.807) is 16.8 Å². The fraction of sp³-hybridized carbons (Fsp3) is 0.214. The van der Waals surface area contributed by atoms with Gasteiger partial charge in [0.25, 0.3) is 5.91 Å². The molecule has 1 amide bonds. The molecule has 0 aliphatic carbocycles. The van der Waals surface area contributed by atoms with Crippen LogP contribution in [0.1, 0.15) is 17.4 Å². The Balaban J connectivity index is 2.27. The van der Waals surface area contributed by atoms with Gasteiger partial charge in [-0.05, 0) is 25.1 Å². The van der Waals surface area contributed by atoms with Crippen molar-refractivity contribution < 1.29 is 13.9 Å². The lowest BCUT2D eigenvalue weighted by Crippen LogP contribution is -2.17. The highest BCUT2D eigenvalue weighted by Crippen LogP contribution is 2.22. The summed E-state index contributed by atoms with van der Waals surface area (Å²) in [6.45, 7) is 2.49. The minimum absolute atomic E-state index is 0.0665. The van der Waals surface area contributed by atoms with Gasteiger partial charge in [0.2, 0.25) is 0 Å². The lowest BCUT2D eigenvalue weighted by atomic mass is 10.2. The van der Waals surface area contributed by atoms with Gasteiger partial charge in [0.15, 0.2) is 0 Å². The van der Waals surface area contributed by atoms with E-state index in [4.69, 9.17) is 10.5 Å². The SMILES string of the molecule is CCn1cc(N)cc1C(=O)Nc1cc(OC)ccc1F. The minimum Gasteiger partial charge on any atom is -0.497 e. The number of methoxy groups -OCH3 is 1. The number of amides is 1. The van der Waals surface area contributed by atoms with Gasteiger partial charge in [0, 0.05) is 18.8 Å². The third-order valence-corrected chi connectivity index (χ3v) is 2.91. The van der Waals surface area contributed by atoms with Crippen molar-refractivity contribution >= 4 is 17.3 Å². The van der Waals surface area contributed by atoms with Crippen LogP contribution >= 0.6 is 0 Å². The molecule has 0 bridgehead atoms. The van der Waals surface area contributed by atoms with E-state index in [-0.39, 0.29) is 5.69 Å². The summed E-state index contributed by atoms with van der Waals surface area (Å²) >= 11 is 0. The predicted octanol–water partition coefficient (Wildman–Crippen LogP) is 2.49. The molecular formula is C14H16FN3O2. The molecule has 1 aromatic carbocycles. The van der Waals surface area contributed by atoms with Gasteiger partial charge in [0.1, 0.15) is 17.3 Å². The average molecular weight is 277 g/mol. The van der Waals surface area contributed by atoms with E-state index in [2.05, 4.69) is 5.32 Å². The van der Waals surface area contributed by atoms with Crippen molar-refractivity contribution in [1.29, 1.82) is 0 Å². The van der Waals surface area contributed by atoms with Crippen LogP contribution in [-0.2, 0) is 6.54 Å². The van der Waals surface area contributed by atoms with E-state index in [0.717, 1.165) is 0 Å². The van der Waals surface area contributed by atoms with Crippen molar-refractivity contribution in [2.24, 2.45) is 0 Å². The number of benzene rings is 1. The number of anilines is 2. The second kappa shape index (κ2) is 5.64. The molecule has 20 heavy (non-hydrogen) atoms. The van der Waals surface area contributed by atoms with E-state index < -0.39 is 11.7 Å². The van der Waals surface area contributed by atoms with Crippen LogP contribution in [0.15, 0.2) is 30.5 Å². The minimum atomic E-state index is -0.526. The number of nitrogens with one attached hydrogen (secondary N) is 1. The highest BCUT2D eigenvalue weighted by Gasteiger charge is 2.14. The zero-order chi connectivity index (χ0) is 14.7. The van der Waals surface area contributed by atoms with Gasteiger partial charge in [-0.25, -0.2) is 4.39 Å². The first-order chi connectivity index (χ1) is 9.55. The Kier molecular flexibility index (Phi) is 3.93. The molecule has 0 unspecified atom stereocenters. The first kappa shape index (κ1) is 13.9. The molecule has 0 radical (unpaired) electrons. The summed E-state index contributed by atoms with van der Waals surface area (Å²) in [4.78, 5) is 12.2. The Bertz CT molecular complexity index is 637. The largest absolute Gasteiger partial charge is 0.497 e. The number of hydrogen-bond acceptors (Lipinski definition) is 3. The lowest BCUT2D eigenvalue weighted by Gasteiger charge is -2.09. The highest BCUT2D eigenvalue weighted by molar-refractivity contribution is 6.04. The van der Waals surface area contributed by atoms with Crippen LogP contribution in [0.5, 0.6) is 5.75 Å². The molecule has 1 aromatic heterocycles. The summed E-state index contributed by atoms with van der Waals surface area (Å²) < 4.78 is 20.4. The van der Waals surface area contributed by atoms with Gasteiger partial charge < -0.3 is 20.4 Å². The summed E-state index contributed by atoms with van der Waals surface area (Å²) in [7, 11) is 1.47. The molecule has 0 saturated carbocycles. The summed E-state index contributed by atoms with van der Waals surface area (Å²) in [5, 5.41) is 2.52. The Morgan fingerprint density at radius 3 is 2.85 bits per heavy atom. The second-order valence-electron chi connectivity index (χ2n) is 4.24. The van der Waals surface area contributed by atoms with Crippen LogP contribution in [0.3, 0.4) is 0 Å².